The van der Waals surface area contributed by atoms with Crippen molar-refractivity contribution in [2.75, 3.05) is 33.0 Å². The second kappa shape index (κ2) is 18.6. The molecule has 40 heavy (non-hydrogen) atoms. The van der Waals surface area contributed by atoms with E-state index in [-0.39, 0.29) is 30.5 Å². The first kappa shape index (κ1) is 32.7. The van der Waals surface area contributed by atoms with Crippen molar-refractivity contribution in [2.45, 2.75) is 116 Å². The minimum absolute atomic E-state index is 0.289. The Morgan fingerprint density at radius 3 is 2.00 bits per heavy atom. The van der Waals surface area contributed by atoms with Gasteiger partial charge in [-0.3, -0.25) is 0 Å². The molecule has 1 aliphatic heterocycles. The van der Waals surface area contributed by atoms with Crippen LogP contribution in [0.25, 0.3) is 10.8 Å². The lowest BCUT2D eigenvalue weighted by molar-refractivity contribution is -0.268. The second-order valence-electron chi connectivity index (χ2n) is 10.9. The van der Waals surface area contributed by atoms with Gasteiger partial charge in [-0.2, -0.15) is 0 Å². The molecule has 0 saturated carbocycles. The molecule has 5 atom stereocenters. The predicted octanol–water partition coefficient (Wildman–Crippen LogP) is 7.39. The predicted molar refractivity (Wildman–Crippen MR) is 161 cm³/mol. The third kappa shape index (κ3) is 9.35. The Bertz CT molecular complexity index is 978. The van der Waals surface area contributed by atoms with Crippen LogP contribution in [0.4, 0.5) is 0 Å². The Kier molecular flexibility index (Phi) is 15.2. The van der Waals surface area contributed by atoms with E-state index in [9.17, 15) is 4.79 Å². The van der Waals surface area contributed by atoms with Crippen molar-refractivity contribution in [3.8, 4) is 0 Å². The molecule has 0 N–H and O–H groups in total. The average molecular weight is 557 g/mol. The quantitative estimate of drug-likeness (QED) is 0.125. The van der Waals surface area contributed by atoms with Crippen LogP contribution in [0.3, 0.4) is 0 Å². The second-order valence-corrected chi connectivity index (χ2v) is 10.9. The number of unbranched alkanes of at least 4 members (excludes halogenated alkanes) is 4. The summed E-state index contributed by atoms with van der Waals surface area (Å²) in [5, 5.41) is 2.18. The molecular formula is C34H52O6. The minimum atomic E-state index is -0.371. The zero-order chi connectivity index (χ0) is 28.6. The Labute approximate surface area is 242 Å². The topological polar surface area (TPSA) is 63.2 Å². The SMILES string of the molecule is CCCCOC[C@H]1OC(c2cc(CC=O)c3ccccc3c2)[C@H](OCCCC)[C@@H](OCCCC)[C@@H]1OCCCC. The zero-order valence-corrected chi connectivity index (χ0v) is 25.3. The number of rotatable bonds is 20. The highest BCUT2D eigenvalue weighted by molar-refractivity contribution is 5.88. The summed E-state index contributed by atoms with van der Waals surface area (Å²) in [7, 11) is 0. The molecular weight excluding hydrogens is 504 g/mol. The monoisotopic (exact) mass is 556 g/mol. The van der Waals surface area contributed by atoms with Crippen LogP contribution in [-0.2, 0) is 34.9 Å². The van der Waals surface area contributed by atoms with Crippen LogP contribution < -0.4 is 0 Å². The summed E-state index contributed by atoms with van der Waals surface area (Å²) in [6.45, 7) is 11.7. The zero-order valence-electron chi connectivity index (χ0n) is 25.3. The molecule has 6 nitrogen and oxygen atoms in total. The molecule has 1 aliphatic rings. The van der Waals surface area contributed by atoms with E-state index in [2.05, 4.69) is 52.0 Å². The molecule has 0 amide bonds. The Balaban J connectivity index is 2.04. The maximum atomic E-state index is 11.6. The number of fused-ring (bicyclic) bond motifs is 1. The van der Waals surface area contributed by atoms with Crippen molar-refractivity contribution in [3.63, 3.8) is 0 Å². The maximum absolute atomic E-state index is 11.6. The van der Waals surface area contributed by atoms with Gasteiger partial charge in [0.05, 0.1) is 6.61 Å². The van der Waals surface area contributed by atoms with E-state index in [4.69, 9.17) is 23.7 Å². The number of ether oxygens (including phenoxy) is 5. The van der Waals surface area contributed by atoms with Crippen LogP contribution in [-0.4, -0.2) is 63.7 Å². The van der Waals surface area contributed by atoms with Gasteiger partial charge in [0, 0.05) is 32.8 Å². The standard InChI is InChI=1S/C34H52O6/c1-5-9-19-36-25-30-32(37-20-10-6-2)34(39-22-12-8-4)33(38-21-11-7-3)31(40-30)28-23-26-15-13-14-16-29(26)27(24-28)17-18-35/h13-16,18,23-24,30-34H,5-12,17,19-22,25H2,1-4H3/t30-,31?,32-,33+,34+/m1/s1. The fraction of sp³-hybridized carbons (Fsp3) is 0.676. The number of aldehydes is 1. The fourth-order valence-corrected chi connectivity index (χ4v) is 5.27. The van der Waals surface area contributed by atoms with Gasteiger partial charge in [-0.05, 0) is 53.6 Å². The molecule has 2 aromatic rings. The summed E-state index contributed by atoms with van der Waals surface area (Å²) in [4.78, 5) is 11.6. The first-order valence-corrected chi connectivity index (χ1v) is 15.7. The van der Waals surface area contributed by atoms with Gasteiger partial charge in [0.2, 0.25) is 0 Å². The van der Waals surface area contributed by atoms with Crippen molar-refractivity contribution < 1.29 is 28.5 Å². The van der Waals surface area contributed by atoms with E-state index in [1.54, 1.807) is 0 Å². The first-order valence-electron chi connectivity index (χ1n) is 15.7. The number of hydrogen-bond donors (Lipinski definition) is 0. The molecule has 0 aliphatic carbocycles. The molecule has 1 heterocycles. The molecule has 0 aromatic heterocycles. The molecule has 1 saturated heterocycles. The maximum Gasteiger partial charge on any atom is 0.124 e. The number of benzene rings is 2. The Morgan fingerprint density at radius 2 is 1.35 bits per heavy atom. The molecule has 0 spiro atoms. The van der Waals surface area contributed by atoms with Crippen LogP contribution in [0.5, 0.6) is 0 Å². The van der Waals surface area contributed by atoms with E-state index in [0.717, 1.165) is 79.6 Å². The van der Waals surface area contributed by atoms with Crippen LogP contribution in [0.1, 0.15) is 96.3 Å². The van der Waals surface area contributed by atoms with Gasteiger partial charge in [-0.15, -0.1) is 0 Å². The van der Waals surface area contributed by atoms with Gasteiger partial charge in [-0.1, -0.05) is 83.7 Å². The van der Waals surface area contributed by atoms with E-state index in [1.165, 1.54) is 0 Å². The van der Waals surface area contributed by atoms with Gasteiger partial charge >= 0.3 is 0 Å². The summed E-state index contributed by atoms with van der Waals surface area (Å²) in [5.74, 6) is 0. The summed E-state index contributed by atoms with van der Waals surface area (Å²) in [6.07, 6.45) is 7.90. The van der Waals surface area contributed by atoms with Crippen LogP contribution >= 0.6 is 0 Å². The first-order chi connectivity index (χ1) is 19.7. The summed E-state index contributed by atoms with van der Waals surface area (Å²) in [6, 6.07) is 12.5. The number of carbonyl (C=O) groups excluding carboxylic acids is 1. The van der Waals surface area contributed by atoms with Crippen molar-refractivity contribution in [3.05, 3.63) is 47.5 Å². The molecule has 1 unspecified atom stereocenters. The van der Waals surface area contributed by atoms with Gasteiger partial charge in [-0.25, -0.2) is 0 Å². The molecule has 6 heteroatoms. The van der Waals surface area contributed by atoms with Crippen molar-refractivity contribution in [1.29, 1.82) is 0 Å². The third-order valence-electron chi connectivity index (χ3n) is 7.58. The van der Waals surface area contributed by atoms with Gasteiger partial charge in [0.25, 0.3) is 0 Å². The van der Waals surface area contributed by atoms with Crippen molar-refractivity contribution in [1.82, 2.24) is 0 Å². The lowest BCUT2D eigenvalue weighted by Gasteiger charge is -2.46. The van der Waals surface area contributed by atoms with E-state index in [1.807, 2.05) is 12.1 Å². The van der Waals surface area contributed by atoms with Crippen molar-refractivity contribution in [2.24, 2.45) is 0 Å². The molecule has 0 bridgehead atoms. The largest absolute Gasteiger partial charge is 0.379 e. The van der Waals surface area contributed by atoms with Gasteiger partial charge < -0.3 is 28.5 Å². The molecule has 3 rings (SSSR count). The number of carbonyl (C=O) groups is 1. The highest BCUT2D eigenvalue weighted by Gasteiger charge is 2.48. The van der Waals surface area contributed by atoms with Crippen LogP contribution in [0, 0.1) is 0 Å². The molecule has 0 radical (unpaired) electrons. The summed E-state index contributed by atoms with van der Waals surface area (Å²) >= 11 is 0. The van der Waals surface area contributed by atoms with E-state index >= 15 is 0 Å². The molecule has 2 aromatic carbocycles. The van der Waals surface area contributed by atoms with E-state index in [0.29, 0.717) is 39.5 Å². The fourth-order valence-electron chi connectivity index (χ4n) is 5.27. The van der Waals surface area contributed by atoms with Gasteiger partial charge in [0.1, 0.15) is 36.8 Å². The van der Waals surface area contributed by atoms with Crippen LogP contribution in [0.15, 0.2) is 36.4 Å². The summed E-state index contributed by atoms with van der Waals surface area (Å²) in [5.41, 5.74) is 2.01. The van der Waals surface area contributed by atoms with Crippen LogP contribution in [0.2, 0.25) is 0 Å². The third-order valence-corrected chi connectivity index (χ3v) is 7.58. The highest BCUT2D eigenvalue weighted by atomic mass is 16.6. The normalized spacial score (nSPS) is 23.1. The summed E-state index contributed by atoms with van der Waals surface area (Å²) < 4.78 is 32.9. The van der Waals surface area contributed by atoms with Crippen molar-refractivity contribution >= 4 is 17.1 Å². The lowest BCUT2D eigenvalue weighted by atomic mass is 9.88. The molecule has 224 valence electrons. The average Bonchev–Trinajstić information content (AvgIpc) is 2.97. The Hall–Kier alpha value is -1.83. The molecule has 1 fully saturated rings. The van der Waals surface area contributed by atoms with E-state index < -0.39 is 0 Å². The number of hydrogen-bond acceptors (Lipinski definition) is 6. The smallest absolute Gasteiger partial charge is 0.124 e. The minimum Gasteiger partial charge on any atom is -0.379 e. The van der Waals surface area contributed by atoms with Gasteiger partial charge in [0.15, 0.2) is 0 Å². The Morgan fingerprint density at radius 1 is 0.750 bits per heavy atom. The lowest BCUT2D eigenvalue weighted by Crippen LogP contribution is -2.58. The highest BCUT2D eigenvalue weighted by Crippen LogP contribution is 2.39.